The number of piperidine rings is 1. The van der Waals surface area contributed by atoms with E-state index in [2.05, 4.69) is 22.9 Å². The van der Waals surface area contributed by atoms with Crippen molar-refractivity contribution < 1.29 is 10.0 Å². The van der Waals surface area contributed by atoms with E-state index < -0.39 is 5.60 Å². The van der Waals surface area contributed by atoms with Crippen LogP contribution < -0.4 is 4.90 Å². The number of rotatable bonds is 3. The monoisotopic (exact) mass is 285 g/mol. The van der Waals surface area contributed by atoms with Crippen molar-refractivity contribution in [3.05, 3.63) is 30.1 Å². The molecule has 21 heavy (non-hydrogen) atoms. The van der Waals surface area contributed by atoms with E-state index >= 15 is 0 Å². The summed E-state index contributed by atoms with van der Waals surface area (Å²) in [6.07, 6.45) is 9.83. The summed E-state index contributed by atoms with van der Waals surface area (Å²) in [6.45, 7) is 3.85. The van der Waals surface area contributed by atoms with Crippen LogP contribution in [0.4, 0.5) is 0 Å². The van der Waals surface area contributed by atoms with Crippen LogP contribution in [0, 0.1) is 17.8 Å². The molecule has 1 aliphatic heterocycles. The highest BCUT2D eigenvalue weighted by molar-refractivity contribution is 5.17. The first-order valence-corrected chi connectivity index (χ1v) is 8.14. The molecule has 0 amide bonds. The van der Waals surface area contributed by atoms with Gasteiger partial charge < -0.3 is 10.0 Å². The van der Waals surface area contributed by atoms with E-state index in [0.29, 0.717) is 12.0 Å². The van der Waals surface area contributed by atoms with Gasteiger partial charge >= 0.3 is 0 Å². The van der Waals surface area contributed by atoms with Crippen LogP contribution in [0.1, 0.15) is 50.6 Å². The molecule has 1 saturated heterocycles. The van der Waals surface area contributed by atoms with Crippen LogP contribution in [0.15, 0.2) is 24.5 Å². The third-order valence-corrected chi connectivity index (χ3v) is 4.85. The molecule has 2 N–H and O–H groups in total. The van der Waals surface area contributed by atoms with Crippen LogP contribution in [-0.4, -0.2) is 28.8 Å². The molecule has 2 heterocycles. The van der Waals surface area contributed by atoms with Gasteiger partial charge in [0, 0.05) is 24.4 Å². The fourth-order valence-electron chi connectivity index (χ4n) is 3.36. The molecule has 0 aromatic carbocycles. The second kappa shape index (κ2) is 6.17. The van der Waals surface area contributed by atoms with E-state index in [1.807, 2.05) is 25.4 Å². The predicted molar refractivity (Wildman–Crippen MR) is 82.6 cm³/mol. The predicted octanol–water partition coefficient (Wildman–Crippen LogP) is 1.36. The molecule has 3 nitrogen and oxygen atoms in total. The largest absolute Gasteiger partial charge is 0.378 e. The van der Waals surface area contributed by atoms with Gasteiger partial charge in [0.1, 0.15) is 18.2 Å². The third-order valence-electron chi connectivity index (χ3n) is 4.85. The Morgan fingerprint density at radius 2 is 2.24 bits per heavy atom. The summed E-state index contributed by atoms with van der Waals surface area (Å²) in [5, 5.41) is 10.3. The van der Waals surface area contributed by atoms with Gasteiger partial charge in [0.25, 0.3) is 0 Å². The molecule has 3 rings (SSSR count). The lowest BCUT2D eigenvalue weighted by atomic mass is 9.96. The summed E-state index contributed by atoms with van der Waals surface area (Å²) in [5.41, 5.74) is 0.543. The number of aromatic nitrogens is 1. The summed E-state index contributed by atoms with van der Waals surface area (Å²) >= 11 is 0. The van der Waals surface area contributed by atoms with Gasteiger partial charge in [-0.25, -0.2) is 0 Å². The van der Waals surface area contributed by atoms with Crippen LogP contribution >= 0.6 is 0 Å². The van der Waals surface area contributed by atoms with Crippen molar-refractivity contribution in [2.24, 2.45) is 5.92 Å². The number of pyridine rings is 1. The summed E-state index contributed by atoms with van der Waals surface area (Å²) < 4.78 is 0. The summed E-state index contributed by atoms with van der Waals surface area (Å²) in [7, 11) is 0. The van der Waals surface area contributed by atoms with Crippen molar-refractivity contribution >= 4 is 0 Å². The smallest absolute Gasteiger partial charge is 0.139 e. The molecule has 1 aromatic heterocycles. The Morgan fingerprint density at radius 1 is 1.38 bits per heavy atom. The zero-order chi connectivity index (χ0) is 14.7. The van der Waals surface area contributed by atoms with Gasteiger partial charge in [-0.2, -0.15) is 0 Å². The van der Waals surface area contributed by atoms with Crippen molar-refractivity contribution in [1.29, 1.82) is 0 Å². The van der Waals surface area contributed by atoms with Gasteiger partial charge in [0.05, 0.1) is 6.54 Å². The number of nitrogens with one attached hydrogen (secondary N) is 1. The van der Waals surface area contributed by atoms with Gasteiger partial charge in [0.2, 0.25) is 0 Å². The molecule has 3 atom stereocenters. The van der Waals surface area contributed by atoms with Crippen LogP contribution in [-0.2, 0) is 0 Å². The summed E-state index contributed by atoms with van der Waals surface area (Å²) in [6, 6.07) is 4.70. The first kappa shape index (κ1) is 14.6. The Balaban J connectivity index is 1.66. The fraction of sp³-hybridized carbons (Fsp3) is 0.611. The standard InChI is InChI=1S/C18H24N2O/c1-18(21,16-8-9-16)10-5-13-20-12-3-2-7-17(20)15-6-4-11-19-14-15/h4,6,11,14,16-17,21H,2-3,7-9,12-13H2,1H3/p+1/t17-,18+/m1/s1. The number of aliphatic hydroxyl groups is 1. The first-order chi connectivity index (χ1) is 10.2. The minimum atomic E-state index is -0.779. The van der Waals surface area contributed by atoms with Gasteiger partial charge in [0.15, 0.2) is 0 Å². The lowest BCUT2D eigenvalue weighted by molar-refractivity contribution is -0.930. The molecule has 2 aliphatic rings. The minimum Gasteiger partial charge on any atom is -0.378 e. The van der Waals surface area contributed by atoms with E-state index in [1.54, 1.807) is 0 Å². The van der Waals surface area contributed by atoms with Crippen LogP contribution in [0.2, 0.25) is 0 Å². The van der Waals surface area contributed by atoms with E-state index in [4.69, 9.17) is 0 Å². The second-order valence-electron chi connectivity index (χ2n) is 6.64. The van der Waals surface area contributed by atoms with Crippen LogP contribution in [0.5, 0.6) is 0 Å². The topological polar surface area (TPSA) is 37.6 Å². The molecule has 0 radical (unpaired) electrons. The maximum absolute atomic E-state index is 10.3. The molecule has 112 valence electrons. The SMILES string of the molecule is C[C@](O)(C#CC[NH+]1CCCC[C@@H]1c1cccnc1)C1CC1. The molecule has 1 aromatic rings. The lowest BCUT2D eigenvalue weighted by Gasteiger charge is -2.31. The zero-order valence-electron chi connectivity index (χ0n) is 12.8. The highest BCUT2D eigenvalue weighted by Gasteiger charge is 2.38. The minimum absolute atomic E-state index is 0.399. The Bertz CT molecular complexity index is 525. The number of likely N-dealkylation sites (tertiary alicyclic amines) is 1. The van der Waals surface area contributed by atoms with E-state index in [-0.39, 0.29) is 0 Å². The fourth-order valence-corrected chi connectivity index (χ4v) is 3.36. The Labute approximate surface area is 127 Å². The molecular weight excluding hydrogens is 260 g/mol. The second-order valence-corrected chi connectivity index (χ2v) is 6.64. The van der Waals surface area contributed by atoms with Gasteiger partial charge in [-0.3, -0.25) is 4.98 Å². The Hall–Kier alpha value is -1.37. The van der Waals surface area contributed by atoms with Crippen molar-refractivity contribution in [3.8, 4) is 11.8 Å². The van der Waals surface area contributed by atoms with Gasteiger partial charge in [-0.1, -0.05) is 12.0 Å². The highest BCUT2D eigenvalue weighted by atomic mass is 16.3. The third kappa shape index (κ3) is 3.64. The maximum atomic E-state index is 10.3. The van der Waals surface area contributed by atoms with E-state index in [0.717, 1.165) is 19.4 Å². The van der Waals surface area contributed by atoms with Crippen LogP contribution in [0.25, 0.3) is 0 Å². The van der Waals surface area contributed by atoms with Gasteiger partial charge in [-0.05, 0) is 50.5 Å². The normalized spacial score (nSPS) is 28.3. The Kier molecular flexibility index (Phi) is 4.28. The summed E-state index contributed by atoms with van der Waals surface area (Å²) in [5.74, 6) is 6.77. The average molecular weight is 285 g/mol. The number of nitrogens with zero attached hydrogens (tertiary/aromatic N) is 1. The quantitative estimate of drug-likeness (QED) is 0.823. The Morgan fingerprint density at radius 3 is 2.95 bits per heavy atom. The molecule has 0 bridgehead atoms. The van der Waals surface area contributed by atoms with Crippen molar-refractivity contribution in [2.75, 3.05) is 13.1 Å². The maximum Gasteiger partial charge on any atom is 0.139 e. The van der Waals surface area contributed by atoms with E-state index in [9.17, 15) is 5.11 Å². The lowest BCUT2D eigenvalue weighted by Crippen LogP contribution is -3.13. The van der Waals surface area contributed by atoms with Crippen molar-refractivity contribution in [1.82, 2.24) is 4.98 Å². The molecule has 0 spiro atoms. The van der Waals surface area contributed by atoms with E-state index in [1.165, 1.54) is 36.3 Å². The van der Waals surface area contributed by atoms with Gasteiger partial charge in [-0.15, -0.1) is 0 Å². The first-order valence-electron chi connectivity index (χ1n) is 8.14. The average Bonchev–Trinajstić information content (AvgIpc) is 3.34. The number of quaternary nitrogens is 1. The van der Waals surface area contributed by atoms with Crippen LogP contribution in [0.3, 0.4) is 0 Å². The summed E-state index contributed by atoms with van der Waals surface area (Å²) in [4.78, 5) is 5.78. The van der Waals surface area contributed by atoms with Crippen molar-refractivity contribution in [2.45, 2.75) is 50.7 Å². The zero-order valence-corrected chi connectivity index (χ0v) is 12.8. The molecule has 1 unspecified atom stereocenters. The van der Waals surface area contributed by atoms with Crippen molar-refractivity contribution in [3.63, 3.8) is 0 Å². The molecular formula is C18H25N2O+. The highest BCUT2D eigenvalue weighted by Crippen LogP contribution is 2.38. The number of hydrogen-bond donors (Lipinski definition) is 2. The molecule has 1 aliphatic carbocycles. The number of hydrogen-bond acceptors (Lipinski definition) is 2. The molecule has 2 fully saturated rings. The molecule has 1 saturated carbocycles. The molecule has 3 heteroatoms.